The summed E-state index contributed by atoms with van der Waals surface area (Å²) in [6.07, 6.45) is 2.77. The topological polar surface area (TPSA) is 66.4 Å². The lowest BCUT2D eigenvalue weighted by atomic mass is 9.87. The Morgan fingerprint density at radius 3 is 2.51 bits per heavy atom. The Labute approximate surface area is 228 Å². The van der Waals surface area contributed by atoms with Crippen LogP contribution in [0.5, 0.6) is 23.0 Å². The standard InChI is InChI=1S/C33H30O6/c1-2-16-36-25-13-14-26-27(24-12-15-31-32(17-24)39-22-38-31)19-33(34,29(26)18-25)28-10-6-7-11-30(28)37-21-35-20-23-8-4-3-5-9-23/h3-15,17-19,34H,2,16,20-22H2,1H3. The van der Waals surface area contributed by atoms with E-state index in [2.05, 4.69) is 6.92 Å². The molecule has 198 valence electrons. The van der Waals surface area contributed by atoms with Gasteiger partial charge in [0.15, 0.2) is 18.3 Å². The van der Waals surface area contributed by atoms with Crippen LogP contribution in [0.4, 0.5) is 0 Å². The van der Waals surface area contributed by atoms with Crippen LogP contribution in [0.15, 0.2) is 97.1 Å². The number of aliphatic hydroxyl groups is 1. The predicted octanol–water partition coefficient (Wildman–Crippen LogP) is 6.44. The van der Waals surface area contributed by atoms with Gasteiger partial charge in [0, 0.05) is 11.1 Å². The molecule has 0 fully saturated rings. The highest BCUT2D eigenvalue weighted by molar-refractivity contribution is 5.89. The van der Waals surface area contributed by atoms with Crippen LogP contribution in [0.2, 0.25) is 0 Å². The fourth-order valence-electron chi connectivity index (χ4n) is 5.02. The highest BCUT2D eigenvalue weighted by Gasteiger charge is 2.41. The maximum atomic E-state index is 12.4. The van der Waals surface area contributed by atoms with Crippen molar-refractivity contribution >= 4 is 5.57 Å². The minimum absolute atomic E-state index is 0.0488. The van der Waals surface area contributed by atoms with Gasteiger partial charge in [-0.1, -0.05) is 67.6 Å². The molecular weight excluding hydrogens is 492 g/mol. The molecule has 0 radical (unpaired) electrons. The van der Waals surface area contributed by atoms with Crippen molar-refractivity contribution in [2.45, 2.75) is 25.6 Å². The first-order valence-corrected chi connectivity index (χ1v) is 13.1. The van der Waals surface area contributed by atoms with Crippen molar-refractivity contribution in [2.24, 2.45) is 0 Å². The molecule has 4 aromatic rings. The van der Waals surface area contributed by atoms with Gasteiger partial charge in [-0.3, -0.25) is 0 Å². The summed E-state index contributed by atoms with van der Waals surface area (Å²) < 4.78 is 28.9. The van der Waals surface area contributed by atoms with Crippen LogP contribution in [0.1, 0.15) is 41.2 Å². The highest BCUT2D eigenvalue weighted by Crippen LogP contribution is 2.50. The molecule has 39 heavy (non-hydrogen) atoms. The van der Waals surface area contributed by atoms with Crippen LogP contribution in [0.3, 0.4) is 0 Å². The van der Waals surface area contributed by atoms with E-state index in [-0.39, 0.29) is 13.6 Å². The fourth-order valence-corrected chi connectivity index (χ4v) is 5.02. The molecule has 6 heteroatoms. The Morgan fingerprint density at radius 2 is 1.64 bits per heavy atom. The van der Waals surface area contributed by atoms with E-state index in [1.807, 2.05) is 97.1 Å². The molecule has 0 saturated heterocycles. The summed E-state index contributed by atoms with van der Waals surface area (Å²) in [6, 6.07) is 29.2. The van der Waals surface area contributed by atoms with Gasteiger partial charge in [-0.15, -0.1) is 0 Å². The molecule has 6 rings (SSSR count). The van der Waals surface area contributed by atoms with E-state index >= 15 is 0 Å². The van der Waals surface area contributed by atoms with Crippen LogP contribution in [0, 0.1) is 0 Å². The lowest BCUT2D eigenvalue weighted by Gasteiger charge is -2.26. The molecule has 6 nitrogen and oxygen atoms in total. The lowest BCUT2D eigenvalue weighted by molar-refractivity contribution is 0.00249. The summed E-state index contributed by atoms with van der Waals surface area (Å²) in [4.78, 5) is 0. The first-order valence-electron chi connectivity index (χ1n) is 13.1. The Bertz CT molecular complexity index is 1500. The molecule has 1 unspecified atom stereocenters. The summed E-state index contributed by atoms with van der Waals surface area (Å²) in [6.45, 7) is 3.34. The van der Waals surface area contributed by atoms with Crippen LogP contribution < -0.4 is 18.9 Å². The second-order valence-corrected chi connectivity index (χ2v) is 9.54. The van der Waals surface area contributed by atoms with Crippen molar-refractivity contribution in [2.75, 3.05) is 20.2 Å². The number of hydrogen-bond donors (Lipinski definition) is 1. The summed E-state index contributed by atoms with van der Waals surface area (Å²) in [5.74, 6) is 2.65. The van der Waals surface area contributed by atoms with Crippen molar-refractivity contribution in [1.82, 2.24) is 0 Å². The predicted molar refractivity (Wildman–Crippen MR) is 148 cm³/mol. The molecule has 0 amide bonds. The van der Waals surface area contributed by atoms with Crippen molar-refractivity contribution in [3.63, 3.8) is 0 Å². The maximum Gasteiger partial charge on any atom is 0.231 e. The summed E-state index contributed by atoms with van der Waals surface area (Å²) in [5, 5.41) is 12.4. The van der Waals surface area contributed by atoms with Gasteiger partial charge in [-0.25, -0.2) is 0 Å². The van der Waals surface area contributed by atoms with Crippen molar-refractivity contribution < 1.29 is 28.8 Å². The molecule has 1 N–H and O–H groups in total. The van der Waals surface area contributed by atoms with E-state index in [0.29, 0.717) is 41.8 Å². The zero-order valence-electron chi connectivity index (χ0n) is 21.8. The van der Waals surface area contributed by atoms with E-state index in [9.17, 15) is 5.11 Å². The third kappa shape index (κ3) is 4.97. The Morgan fingerprint density at radius 1 is 0.821 bits per heavy atom. The lowest BCUT2D eigenvalue weighted by Crippen LogP contribution is -2.24. The van der Waals surface area contributed by atoms with E-state index < -0.39 is 5.60 Å². The molecule has 1 atom stereocenters. The smallest absolute Gasteiger partial charge is 0.231 e. The second-order valence-electron chi connectivity index (χ2n) is 9.54. The van der Waals surface area contributed by atoms with Crippen molar-refractivity contribution in [3.05, 3.63) is 125 Å². The van der Waals surface area contributed by atoms with Gasteiger partial charge < -0.3 is 28.8 Å². The van der Waals surface area contributed by atoms with Crippen molar-refractivity contribution in [1.29, 1.82) is 0 Å². The van der Waals surface area contributed by atoms with E-state index in [4.69, 9.17) is 23.7 Å². The summed E-state index contributed by atoms with van der Waals surface area (Å²) in [5.41, 5.74) is 3.68. The monoisotopic (exact) mass is 522 g/mol. The van der Waals surface area contributed by atoms with Gasteiger partial charge in [-0.05, 0) is 65.1 Å². The van der Waals surface area contributed by atoms with Crippen LogP contribution in [-0.2, 0) is 16.9 Å². The first kappa shape index (κ1) is 25.0. The summed E-state index contributed by atoms with van der Waals surface area (Å²) in [7, 11) is 0. The van der Waals surface area contributed by atoms with E-state index in [1.165, 1.54) is 0 Å². The molecule has 1 heterocycles. The van der Waals surface area contributed by atoms with E-state index in [1.54, 1.807) is 0 Å². The molecule has 0 aromatic heterocycles. The Hall–Kier alpha value is -4.26. The number of benzene rings is 4. The minimum Gasteiger partial charge on any atom is -0.494 e. The van der Waals surface area contributed by atoms with Gasteiger partial charge >= 0.3 is 0 Å². The average Bonchev–Trinajstić information content (AvgIpc) is 3.57. The molecule has 4 aromatic carbocycles. The molecular formula is C33H30O6. The third-order valence-electron chi connectivity index (χ3n) is 6.91. The van der Waals surface area contributed by atoms with E-state index in [0.717, 1.165) is 34.2 Å². The van der Waals surface area contributed by atoms with Gasteiger partial charge in [0.1, 0.15) is 17.1 Å². The van der Waals surface area contributed by atoms with Gasteiger partial charge in [0.2, 0.25) is 6.79 Å². The SMILES string of the molecule is CCCOc1ccc2c(c1)C(O)(c1ccccc1OCOCc1ccccc1)C=C2c1ccc2c(c1)OCO2. The van der Waals surface area contributed by atoms with Gasteiger partial charge in [0.05, 0.1) is 13.2 Å². The molecule has 0 saturated carbocycles. The van der Waals surface area contributed by atoms with Crippen LogP contribution in [-0.4, -0.2) is 25.3 Å². The quantitative estimate of drug-likeness (QED) is 0.191. The van der Waals surface area contributed by atoms with Crippen LogP contribution >= 0.6 is 0 Å². The van der Waals surface area contributed by atoms with Crippen LogP contribution in [0.25, 0.3) is 5.57 Å². The molecule has 2 aliphatic rings. The zero-order chi connectivity index (χ0) is 26.7. The zero-order valence-corrected chi connectivity index (χ0v) is 21.8. The maximum absolute atomic E-state index is 12.4. The average molecular weight is 523 g/mol. The number of ether oxygens (including phenoxy) is 5. The molecule has 0 spiro atoms. The second kappa shape index (κ2) is 10.8. The summed E-state index contributed by atoms with van der Waals surface area (Å²) >= 11 is 0. The number of rotatable bonds is 10. The largest absolute Gasteiger partial charge is 0.494 e. The van der Waals surface area contributed by atoms with Crippen molar-refractivity contribution in [3.8, 4) is 23.0 Å². The first-order chi connectivity index (χ1) is 19.2. The molecule has 0 bridgehead atoms. The third-order valence-corrected chi connectivity index (χ3v) is 6.91. The molecule has 1 aliphatic carbocycles. The fraction of sp³-hybridized carbons (Fsp3) is 0.212. The minimum atomic E-state index is -1.46. The molecule has 1 aliphatic heterocycles. The number of hydrogen-bond acceptors (Lipinski definition) is 6. The normalized spacial score (nSPS) is 17.0. The Balaban J connectivity index is 1.35. The number of fused-ring (bicyclic) bond motifs is 2. The van der Waals surface area contributed by atoms with Gasteiger partial charge in [0.25, 0.3) is 0 Å². The van der Waals surface area contributed by atoms with Gasteiger partial charge in [-0.2, -0.15) is 0 Å². The number of para-hydroxylation sites is 1. The highest BCUT2D eigenvalue weighted by atomic mass is 16.7. The Kier molecular flexibility index (Phi) is 6.97.